The van der Waals surface area contributed by atoms with Crippen LogP contribution in [0.3, 0.4) is 0 Å². The molecular weight excluding hydrogens is 318 g/mol. The van der Waals surface area contributed by atoms with Crippen LogP contribution in [0.2, 0.25) is 0 Å². The van der Waals surface area contributed by atoms with Crippen LogP contribution in [-0.2, 0) is 0 Å². The summed E-state index contributed by atoms with van der Waals surface area (Å²) in [7, 11) is 3.35. The van der Waals surface area contributed by atoms with Crippen LogP contribution in [0.4, 0.5) is 10.6 Å². The van der Waals surface area contributed by atoms with Crippen molar-refractivity contribution in [3.63, 3.8) is 0 Å². The third kappa shape index (κ3) is 4.32. The third-order valence-electron chi connectivity index (χ3n) is 4.04. The normalized spacial score (nSPS) is 14.5. The first-order chi connectivity index (χ1) is 12.0. The minimum absolute atomic E-state index is 0.118. The monoisotopic (exact) mass is 339 g/mol. The molecular formula is C18H21N5O2. The lowest BCUT2D eigenvalue weighted by molar-refractivity contribution is 0.0827. The molecule has 0 aromatic carbocycles. The Morgan fingerprint density at radius 3 is 2.60 bits per heavy atom. The van der Waals surface area contributed by atoms with Gasteiger partial charge in [-0.2, -0.15) is 0 Å². The van der Waals surface area contributed by atoms with Gasteiger partial charge in [0.2, 0.25) is 0 Å². The van der Waals surface area contributed by atoms with Gasteiger partial charge in [-0.1, -0.05) is 6.07 Å². The van der Waals surface area contributed by atoms with E-state index >= 15 is 0 Å². The second-order valence-corrected chi connectivity index (χ2v) is 6.30. The quantitative estimate of drug-likeness (QED) is 0.876. The molecule has 1 unspecified atom stereocenters. The number of nitrogens with one attached hydrogen (secondary N) is 2. The molecule has 0 aliphatic heterocycles. The number of carbonyl (C=O) groups is 2. The van der Waals surface area contributed by atoms with Gasteiger partial charge in [-0.3, -0.25) is 15.1 Å². The Morgan fingerprint density at radius 1 is 1.16 bits per heavy atom. The topological polar surface area (TPSA) is 87.2 Å². The SMILES string of the molecule is CN(C)C(=O)c1ccnc(NC(=O)NC(c2ccccn2)C2CC2)c1. The predicted octanol–water partition coefficient (Wildman–Crippen LogP) is 2.45. The fourth-order valence-electron chi connectivity index (χ4n) is 2.61. The molecule has 130 valence electrons. The lowest BCUT2D eigenvalue weighted by Gasteiger charge is -2.18. The largest absolute Gasteiger partial charge is 0.345 e. The minimum Gasteiger partial charge on any atom is -0.345 e. The number of urea groups is 1. The van der Waals surface area contributed by atoms with E-state index in [0.29, 0.717) is 17.3 Å². The summed E-state index contributed by atoms with van der Waals surface area (Å²) in [6, 6.07) is 8.39. The van der Waals surface area contributed by atoms with Gasteiger partial charge in [-0.25, -0.2) is 9.78 Å². The van der Waals surface area contributed by atoms with Crippen molar-refractivity contribution in [2.45, 2.75) is 18.9 Å². The Labute approximate surface area is 146 Å². The molecule has 0 radical (unpaired) electrons. The predicted molar refractivity (Wildman–Crippen MR) is 94.1 cm³/mol. The summed E-state index contributed by atoms with van der Waals surface area (Å²) < 4.78 is 0. The van der Waals surface area contributed by atoms with Crippen molar-refractivity contribution in [3.8, 4) is 0 Å². The Bertz CT molecular complexity index is 759. The van der Waals surface area contributed by atoms with E-state index in [2.05, 4.69) is 20.6 Å². The maximum atomic E-state index is 12.4. The van der Waals surface area contributed by atoms with E-state index < -0.39 is 0 Å². The maximum Gasteiger partial charge on any atom is 0.320 e. The number of amides is 3. The summed E-state index contributed by atoms with van der Waals surface area (Å²) in [6.07, 6.45) is 5.38. The van der Waals surface area contributed by atoms with Gasteiger partial charge in [0.25, 0.3) is 5.91 Å². The average molecular weight is 339 g/mol. The van der Waals surface area contributed by atoms with Crippen LogP contribution in [0.25, 0.3) is 0 Å². The maximum absolute atomic E-state index is 12.4. The zero-order valence-corrected chi connectivity index (χ0v) is 14.3. The van der Waals surface area contributed by atoms with Crippen LogP contribution < -0.4 is 10.6 Å². The molecule has 0 bridgehead atoms. The summed E-state index contributed by atoms with van der Waals surface area (Å²) >= 11 is 0. The highest BCUT2D eigenvalue weighted by atomic mass is 16.2. The smallest absolute Gasteiger partial charge is 0.320 e. The van der Waals surface area contributed by atoms with Gasteiger partial charge >= 0.3 is 6.03 Å². The zero-order chi connectivity index (χ0) is 17.8. The van der Waals surface area contributed by atoms with Crippen molar-refractivity contribution in [1.82, 2.24) is 20.2 Å². The summed E-state index contributed by atoms with van der Waals surface area (Å²) in [5.74, 6) is 0.603. The molecule has 3 amide bonds. The van der Waals surface area contributed by atoms with Crippen molar-refractivity contribution in [2.75, 3.05) is 19.4 Å². The third-order valence-corrected chi connectivity index (χ3v) is 4.04. The number of nitrogens with zero attached hydrogens (tertiary/aromatic N) is 3. The van der Waals surface area contributed by atoms with Gasteiger partial charge in [0, 0.05) is 32.1 Å². The molecule has 0 spiro atoms. The van der Waals surface area contributed by atoms with Gasteiger partial charge in [0.1, 0.15) is 5.82 Å². The second kappa shape index (κ2) is 7.29. The van der Waals surface area contributed by atoms with E-state index in [1.807, 2.05) is 18.2 Å². The van der Waals surface area contributed by atoms with Crippen LogP contribution in [0.5, 0.6) is 0 Å². The van der Waals surface area contributed by atoms with E-state index in [0.717, 1.165) is 18.5 Å². The molecule has 0 saturated heterocycles. The first-order valence-electron chi connectivity index (χ1n) is 8.21. The number of pyridine rings is 2. The summed E-state index contributed by atoms with van der Waals surface area (Å²) in [4.78, 5) is 34.3. The van der Waals surface area contributed by atoms with Gasteiger partial charge in [-0.15, -0.1) is 0 Å². The Hall–Kier alpha value is -2.96. The van der Waals surface area contributed by atoms with Crippen molar-refractivity contribution >= 4 is 17.8 Å². The van der Waals surface area contributed by atoms with E-state index in [4.69, 9.17) is 0 Å². The van der Waals surface area contributed by atoms with Gasteiger partial charge in [0.15, 0.2) is 0 Å². The number of rotatable bonds is 5. The molecule has 25 heavy (non-hydrogen) atoms. The molecule has 1 fully saturated rings. The van der Waals surface area contributed by atoms with Crippen molar-refractivity contribution in [1.29, 1.82) is 0 Å². The Kier molecular flexibility index (Phi) is 4.92. The van der Waals surface area contributed by atoms with E-state index in [1.165, 1.54) is 11.1 Å². The highest BCUT2D eigenvalue weighted by Crippen LogP contribution is 2.40. The molecule has 7 heteroatoms. The summed E-state index contributed by atoms with van der Waals surface area (Å²) in [6.45, 7) is 0. The molecule has 2 N–H and O–H groups in total. The van der Waals surface area contributed by atoms with Crippen LogP contribution in [0, 0.1) is 5.92 Å². The first-order valence-corrected chi connectivity index (χ1v) is 8.21. The molecule has 1 atom stereocenters. The lowest BCUT2D eigenvalue weighted by atomic mass is 10.1. The Morgan fingerprint density at radius 2 is 1.96 bits per heavy atom. The summed E-state index contributed by atoms with van der Waals surface area (Å²) in [5, 5.41) is 5.67. The van der Waals surface area contributed by atoms with E-state index in [9.17, 15) is 9.59 Å². The lowest BCUT2D eigenvalue weighted by Crippen LogP contribution is -2.34. The molecule has 2 aromatic rings. The summed E-state index contributed by atoms with van der Waals surface area (Å²) in [5.41, 5.74) is 1.32. The Balaban J connectivity index is 1.68. The number of carbonyl (C=O) groups excluding carboxylic acids is 2. The van der Waals surface area contributed by atoms with Gasteiger partial charge < -0.3 is 10.2 Å². The number of hydrogen-bond donors (Lipinski definition) is 2. The van der Waals surface area contributed by atoms with Crippen LogP contribution in [-0.4, -0.2) is 40.9 Å². The second-order valence-electron chi connectivity index (χ2n) is 6.30. The fourth-order valence-corrected chi connectivity index (χ4v) is 2.61. The standard InChI is InChI=1S/C18H21N5O2/c1-23(2)17(24)13-8-10-20-15(11-13)21-18(25)22-16(12-6-7-12)14-5-3-4-9-19-14/h3-5,8-12,16H,6-7H2,1-2H3,(H2,20,21,22,25). The van der Waals surface area contributed by atoms with Crippen molar-refractivity contribution < 1.29 is 9.59 Å². The molecule has 3 rings (SSSR count). The van der Waals surface area contributed by atoms with Crippen LogP contribution in [0.15, 0.2) is 42.7 Å². The molecule has 2 heterocycles. The average Bonchev–Trinajstić information content (AvgIpc) is 3.45. The van der Waals surface area contributed by atoms with Gasteiger partial charge in [-0.05, 0) is 43.0 Å². The van der Waals surface area contributed by atoms with Crippen LogP contribution in [0.1, 0.15) is 34.9 Å². The van der Waals surface area contributed by atoms with Gasteiger partial charge in [0.05, 0.1) is 11.7 Å². The highest BCUT2D eigenvalue weighted by Gasteiger charge is 2.34. The van der Waals surface area contributed by atoms with E-state index in [1.54, 1.807) is 32.4 Å². The zero-order valence-electron chi connectivity index (χ0n) is 14.3. The van der Waals surface area contributed by atoms with Crippen molar-refractivity contribution in [3.05, 3.63) is 54.0 Å². The molecule has 7 nitrogen and oxygen atoms in total. The molecule has 1 saturated carbocycles. The number of anilines is 1. The minimum atomic E-state index is -0.357. The van der Waals surface area contributed by atoms with Crippen LogP contribution >= 0.6 is 0 Å². The highest BCUT2D eigenvalue weighted by molar-refractivity contribution is 5.96. The molecule has 1 aliphatic carbocycles. The van der Waals surface area contributed by atoms with Crippen molar-refractivity contribution in [2.24, 2.45) is 5.92 Å². The molecule has 2 aromatic heterocycles. The van der Waals surface area contributed by atoms with E-state index in [-0.39, 0.29) is 18.0 Å². The number of hydrogen-bond acceptors (Lipinski definition) is 4. The first kappa shape index (κ1) is 16.9. The number of aromatic nitrogens is 2. The molecule has 1 aliphatic rings. The fraction of sp³-hybridized carbons (Fsp3) is 0.333.